The van der Waals surface area contributed by atoms with E-state index in [4.69, 9.17) is 5.73 Å². The van der Waals surface area contributed by atoms with Crippen LogP contribution in [0.3, 0.4) is 0 Å². The first-order valence-corrected chi connectivity index (χ1v) is 7.87. The SMILES string of the molecule is CC(C)C1CCCC(CN)(N(C)Cc2ccncc2)C1. The predicted molar refractivity (Wildman–Crippen MR) is 84.3 cm³/mol. The van der Waals surface area contributed by atoms with Gasteiger partial charge in [0.15, 0.2) is 0 Å². The Kier molecular flexibility index (Phi) is 5.17. The van der Waals surface area contributed by atoms with Gasteiger partial charge in [0.2, 0.25) is 0 Å². The molecule has 1 aromatic rings. The molecule has 1 aromatic heterocycles. The van der Waals surface area contributed by atoms with Crippen molar-refractivity contribution in [1.82, 2.24) is 9.88 Å². The number of aromatic nitrogens is 1. The molecule has 1 aliphatic rings. The maximum Gasteiger partial charge on any atom is 0.0334 e. The minimum Gasteiger partial charge on any atom is -0.329 e. The van der Waals surface area contributed by atoms with Gasteiger partial charge in [0.05, 0.1) is 0 Å². The van der Waals surface area contributed by atoms with Crippen molar-refractivity contribution in [3.05, 3.63) is 30.1 Å². The third kappa shape index (κ3) is 3.39. The standard InChI is InChI=1S/C17H29N3/c1-14(2)16-5-4-8-17(11-16,13-18)20(3)12-15-6-9-19-10-7-15/h6-7,9-10,14,16H,4-5,8,11-13,18H2,1-3H3. The molecule has 2 atom stereocenters. The second-order valence-corrected chi connectivity index (χ2v) is 6.74. The minimum absolute atomic E-state index is 0.177. The summed E-state index contributed by atoms with van der Waals surface area (Å²) in [7, 11) is 2.23. The third-order valence-electron chi connectivity index (χ3n) is 5.16. The highest BCUT2D eigenvalue weighted by atomic mass is 15.2. The molecule has 2 unspecified atom stereocenters. The summed E-state index contributed by atoms with van der Waals surface area (Å²) < 4.78 is 0. The quantitative estimate of drug-likeness (QED) is 0.898. The van der Waals surface area contributed by atoms with Gasteiger partial charge < -0.3 is 5.73 Å². The summed E-state index contributed by atoms with van der Waals surface area (Å²) in [4.78, 5) is 6.58. The lowest BCUT2D eigenvalue weighted by Crippen LogP contribution is -2.54. The van der Waals surface area contributed by atoms with Gasteiger partial charge in [-0.15, -0.1) is 0 Å². The van der Waals surface area contributed by atoms with E-state index in [0.29, 0.717) is 0 Å². The second-order valence-electron chi connectivity index (χ2n) is 6.74. The number of hydrogen-bond donors (Lipinski definition) is 1. The van der Waals surface area contributed by atoms with Crippen LogP contribution in [-0.4, -0.2) is 29.0 Å². The summed E-state index contributed by atoms with van der Waals surface area (Å²) in [5.41, 5.74) is 7.70. The van der Waals surface area contributed by atoms with E-state index in [1.54, 1.807) is 0 Å². The predicted octanol–water partition coefficient (Wildman–Crippen LogP) is 3.06. The van der Waals surface area contributed by atoms with E-state index in [-0.39, 0.29) is 5.54 Å². The number of rotatable bonds is 5. The fourth-order valence-electron chi connectivity index (χ4n) is 3.57. The van der Waals surface area contributed by atoms with E-state index in [1.807, 2.05) is 12.4 Å². The van der Waals surface area contributed by atoms with Gasteiger partial charge in [-0.25, -0.2) is 0 Å². The summed E-state index contributed by atoms with van der Waals surface area (Å²) >= 11 is 0. The molecule has 3 nitrogen and oxygen atoms in total. The summed E-state index contributed by atoms with van der Waals surface area (Å²) in [6.45, 7) is 6.42. The first-order valence-electron chi connectivity index (χ1n) is 7.87. The molecule has 1 fully saturated rings. The van der Waals surface area contributed by atoms with Gasteiger partial charge in [0.25, 0.3) is 0 Å². The Morgan fingerprint density at radius 3 is 2.70 bits per heavy atom. The Balaban J connectivity index is 2.09. The van der Waals surface area contributed by atoms with Crippen molar-refractivity contribution in [1.29, 1.82) is 0 Å². The maximum absolute atomic E-state index is 6.20. The monoisotopic (exact) mass is 275 g/mol. The lowest BCUT2D eigenvalue weighted by molar-refractivity contribution is 0.0396. The van der Waals surface area contributed by atoms with Crippen molar-refractivity contribution in [2.24, 2.45) is 17.6 Å². The molecule has 1 saturated carbocycles. The van der Waals surface area contributed by atoms with Crippen LogP contribution in [0.1, 0.15) is 45.1 Å². The molecule has 1 aliphatic carbocycles. The molecule has 2 N–H and O–H groups in total. The Morgan fingerprint density at radius 1 is 1.40 bits per heavy atom. The lowest BCUT2D eigenvalue weighted by Gasteiger charge is -2.47. The van der Waals surface area contributed by atoms with Crippen molar-refractivity contribution in [2.45, 2.75) is 51.6 Å². The first kappa shape index (κ1) is 15.5. The van der Waals surface area contributed by atoms with Crippen LogP contribution in [0.5, 0.6) is 0 Å². The fraction of sp³-hybridized carbons (Fsp3) is 0.706. The van der Waals surface area contributed by atoms with Crippen molar-refractivity contribution < 1.29 is 0 Å². The van der Waals surface area contributed by atoms with Crippen molar-refractivity contribution in [3.63, 3.8) is 0 Å². The Labute approximate surface area is 123 Å². The number of hydrogen-bond acceptors (Lipinski definition) is 3. The summed E-state index contributed by atoms with van der Waals surface area (Å²) in [6.07, 6.45) is 8.88. The van der Waals surface area contributed by atoms with Crippen molar-refractivity contribution >= 4 is 0 Å². The number of nitrogens with zero attached hydrogens (tertiary/aromatic N) is 2. The van der Waals surface area contributed by atoms with E-state index in [2.05, 4.69) is 42.9 Å². The molecule has 0 amide bonds. The molecular formula is C17H29N3. The number of nitrogens with two attached hydrogens (primary N) is 1. The molecule has 0 spiro atoms. The highest BCUT2D eigenvalue weighted by Gasteiger charge is 2.39. The smallest absolute Gasteiger partial charge is 0.0334 e. The minimum atomic E-state index is 0.177. The van der Waals surface area contributed by atoms with Gasteiger partial charge in [-0.05, 0) is 49.4 Å². The van der Waals surface area contributed by atoms with E-state index in [9.17, 15) is 0 Å². The van der Waals surface area contributed by atoms with Gasteiger partial charge >= 0.3 is 0 Å². The lowest BCUT2D eigenvalue weighted by atomic mass is 9.71. The molecule has 112 valence electrons. The van der Waals surface area contributed by atoms with Crippen LogP contribution in [0.2, 0.25) is 0 Å². The van der Waals surface area contributed by atoms with Gasteiger partial charge in [0, 0.05) is 31.0 Å². The molecule has 0 saturated heterocycles. The van der Waals surface area contributed by atoms with Crippen molar-refractivity contribution in [3.8, 4) is 0 Å². The Hall–Kier alpha value is -0.930. The van der Waals surface area contributed by atoms with Gasteiger partial charge in [-0.1, -0.05) is 26.7 Å². The second kappa shape index (κ2) is 6.68. The number of pyridine rings is 1. The molecule has 20 heavy (non-hydrogen) atoms. The summed E-state index contributed by atoms with van der Waals surface area (Å²) in [6, 6.07) is 4.20. The van der Waals surface area contributed by atoms with Crippen LogP contribution in [0, 0.1) is 11.8 Å². The molecule has 0 radical (unpaired) electrons. The van der Waals surface area contributed by atoms with E-state index < -0.39 is 0 Å². The van der Waals surface area contributed by atoms with Crippen LogP contribution >= 0.6 is 0 Å². The summed E-state index contributed by atoms with van der Waals surface area (Å²) in [5, 5.41) is 0. The summed E-state index contributed by atoms with van der Waals surface area (Å²) in [5.74, 6) is 1.57. The Morgan fingerprint density at radius 2 is 2.10 bits per heavy atom. The average molecular weight is 275 g/mol. The van der Waals surface area contributed by atoms with E-state index in [0.717, 1.165) is 24.9 Å². The molecule has 0 aromatic carbocycles. The van der Waals surface area contributed by atoms with E-state index >= 15 is 0 Å². The van der Waals surface area contributed by atoms with Gasteiger partial charge in [-0.2, -0.15) is 0 Å². The van der Waals surface area contributed by atoms with Gasteiger partial charge in [0.1, 0.15) is 0 Å². The zero-order valence-electron chi connectivity index (χ0n) is 13.2. The molecule has 0 aliphatic heterocycles. The fourth-order valence-corrected chi connectivity index (χ4v) is 3.57. The third-order valence-corrected chi connectivity index (χ3v) is 5.16. The highest BCUT2D eigenvalue weighted by Crippen LogP contribution is 2.39. The molecule has 2 rings (SSSR count). The van der Waals surface area contributed by atoms with Crippen LogP contribution in [-0.2, 0) is 6.54 Å². The van der Waals surface area contributed by atoms with Crippen LogP contribution in [0.25, 0.3) is 0 Å². The van der Waals surface area contributed by atoms with Crippen molar-refractivity contribution in [2.75, 3.05) is 13.6 Å². The molecular weight excluding hydrogens is 246 g/mol. The first-order chi connectivity index (χ1) is 9.57. The zero-order valence-corrected chi connectivity index (χ0v) is 13.2. The maximum atomic E-state index is 6.20. The molecule has 0 bridgehead atoms. The number of likely N-dealkylation sites (N-methyl/N-ethyl adjacent to an activating group) is 1. The normalized spacial score (nSPS) is 27.2. The molecule has 1 heterocycles. The van der Waals surface area contributed by atoms with Crippen LogP contribution < -0.4 is 5.73 Å². The van der Waals surface area contributed by atoms with Gasteiger partial charge in [-0.3, -0.25) is 9.88 Å². The van der Waals surface area contributed by atoms with E-state index in [1.165, 1.54) is 31.2 Å². The average Bonchev–Trinajstić information content (AvgIpc) is 2.48. The molecule has 3 heteroatoms. The van der Waals surface area contributed by atoms with Crippen LogP contribution in [0.15, 0.2) is 24.5 Å². The topological polar surface area (TPSA) is 42.1 Å². The highest BCUT2D eigenvalue weighted by molar-refractivity contribution is 5.10. The zero-order chi connectivity index (χ0) is 14.6. The largest absolute Gasteiger partial charge is 0.329 e. The van der Waals surface area contributed by atoms with Crippen LogP contribution in [0.4, 0.5) is 0 Å². The Bertz CT molecular complexity index is 404.